The molecule has 0 saturated heterocycles. The molecule has 8 nitrogen and oxygen atoms in total. The fourth-order valence-corrected chi connectivity index (χ4v) is 3.78. The molecule has 2 aromatic rings. The Bertz CT molecular complexity index is 1110. The molecule has 37 heavy (non-hydrogen) atoms. The van der Waals surface area contributed by atoms with Crippen molar-refractivity contribution in [3.05, 3.63) is 65.2 Å². The number of hydrogen-bond donors (Lipinski definition) is 3. The molecule has 0 saturated carbocycles. The Morgan fingerprint density at radius 3 is 2.11 bits per heavy atom. The highest BCUT2D eigenvalue weighted by atomic mass is 16.6. The zero-order valence-corrected chi connectivity index (χ0v) is 22.4. The summed E-state index contributed by atoms with van der Waals surface area (Å²) < 4.78 is 5.40. The van der Waals surface area contributed by atoms with E-state index in [4.69, 9.17) is 11.2 Å². The third-order valence-corrected chi connectivity index (χ3v) is 5.37. The normalized spacial score (nSPS) is 12.7. The van der Waals surface area contributed by atoms with Gasteiger partial charge in [-0.15, -0.1) is 6.42 Å². The molecular weight excluding hydrogens is 470 g/mol. The van der Waals surface area contributed by atoms with Crippen LogP contribution in [0.3, 0.4) is 0 Å². The van der Waals surface area contributed by atoms with Crippen LogP contribution in [0.4, 0.5) is 4.79 Å². The van der Waals surface area contributed by atoms with E-state index in [1.165, 1.54) is 17.0 Å². The molecular formula is C29H37N3O5. The number of rotatable bonds is 9. The molecule has 198 valence electrons. The largest absolute Gasteiger partial charge is 0.508 e. The topological polar surface area (TPSA) is 108 Å². The van der Waals surface area contributed by atoms with Gasteiger partial charge in [0.1, 0.15) is 23.4 Å². The van der Waals surface area contributed by atoms with Crippen LogP contribution in [0.15, 0.2) is 48.5 Å². The highest BCUT2D eigenvalue weighted by Gasteiger charge is 2.35. The smallest absolute Gasteiger partial charge is 0.408 e. The first kappa shape index (κ1) is 29.2. The summed E-state index contributed by atoms with van der Waals surface area (Å²) >= 11 is 0. The zero-order chi connectivity index (χ0) is 27.8. The first-order valence-electron chi connectivity index (χ1n) is 12.3. The van der Waals surface area contributed by atoms with Crippen molar-refractivity contribution < 1.29 is 24.2 Å². The Hall–Kier alpha value is -3.99. The first-order valence-corrected chi connectivity index (χ1v) is 12.3. The third kappa shape index (κ3) is 8.87. The number of ether oxygens (including phenoxy) is 1. The van der Waals surface area contributed by atoms with Crippen molar-refractivity contribution in [1.82, 2.24) is 15.5 Å². The van der Waals surface area contributed by atoms with Crippen LogP contribution in [0.1, 0.15) is 64.3 Å². The molecule has 2 unspecified atom stereocenters. The fourth-order valence-electron chi connectivity index (χ4n) is 3.78. The highest BCUT2D eigenvalue weighted by molar-refractivity contribution is 5.92. The zero-order valence-electron chi connectivity index (χ0n) is 22.4. The van der Waals surface area contributed by atoms with E-state index in [2.05, 4.69) is 16.6 Å². The molecule has 0 aliphatic heterocycles. The van der Waals surface area contributed by atoms with Gasteiger partial charge < -0.3 is 25.4 Å². The van der Waals surface area contributed by atoms with E-state index < -0.39 is 29.7 Å². The number of likely N-dealkylation sites (N-methyl/N-ethyl adjacent to an activating group) is 1. The number of phenolic OH excluding ortho intramolecular Hbond substituents is 1. The van der Waals surface area contributed by atoms with E-state index in [1.54, 1.807) is 64.1 Å². The van der Waals surface area contributed by atoms with Gasteiger partial charge in [-0.25, -0.2) is 4.79 Å². The van der Waals surface area contributed by atoms with Crippen molar-refractivity contribution in [3.63, 3.8) is 0 Å². The monoisotopic (exact) mass is 507 g/mol. The number of aromatic hydroxyl groups is 1. The number of nitrogens with one attached hydrogen (secondary N) is 2. The maximum atomic E-state index is 14.0. The maximum Gasteiger partial charge on any atom is 0.408 e. The van der Waals surface area contributed by atoms with Crippen molar-refractivity contribution in [2.24, 2.45) is 0 Å². The molecule has 0 radical (unpaired) electrons. The quantitative estimate of drug-likeness (QED) is 0.446. The highest BCUT2D eigenvalue weighted by Crippen LogP contribution is 2.24. The van der Waals surface area contributed by atoms with Crippen molar-refractivity contribution >= 4 is 17.9 Å². The number of alkyl carbamates (subject to hydrolysis) is 1. The molecule has 3 N–H and O–H groups in total. The van der Waals surface area contributed by atoms with E-state index >= 15 is 0 Å². The fraction of sp³-hybridized carbons (Fsp3) is 0.414. The average Bonchev–Trinajstić information content (AvgIpc) is 2.81. The Kier molecular flexibility index (Phi) is 10.1. The number of carbonyl (C=O) groups excluding carboxylic acids is 3. The van der Waals surface area contributed by atoms with Crippen LogP contribution in [0, 0.1) is 12.3 Å². The lowest BCUT2D eigenvalue weighted by atomic mass is 9.99. The molecule has 0 aliphatic rings. The second-order valence-electron chi connectivity index (χ2n) is 10.0. The summed E-state index contributed by atoms with van der Waals surface area (Å²) in [5, 5.41) is 15.2. The lowest BCUT2D eigenvalue weighted by Gasteiger charge is -2.34. The number of terminal acetylenes is 1. The lowest BCUT2D eigenvalue weighted by Crippen LogP contribution is -2.54. The second-order valence-corrected chi connectivity index (χ2v) is 10.0. The Morgan fingerprint density at radius 1 is 1.03 bits per heavy atom. The van der Waals surface area contributed by atoms with Crippen LogP contribution in [-0.2, 0) is 20.7 Å². The van der Waals surface area contributed by atoms with Crippen LogP contribution >= 0.6 is 0 Å². The minimum absolute atomic E-state index is 0.0859. The number of carbonyl (C=O) groups is 3. The predicted molar refractivity (Wildman–Crippen MR) is 143 cm³/mol. The van der Waals surface area contributed by atoms with E-state index in [1.807, 2.05) is 13.8 Å². The number of benzene rings is 2. The van der Waals surface area contributed by atoms with Crippen LogP contribution in [0.2, 0.25) is 0 Å². The number of nitrogens with zero attached hydrogens (tertiary/aromatic N) is 1. The van der Waals surface area contributed by atoms with Gasteiger partial charge in [-0.3, -0.25) is 9.59 Å². The molecule has 3 amide bonds. The Labute approximate surface area is 219 Å². The average molecular weight is 508 g/mol. The maximum absolute atomic E-state index is 14.0. The summed E-state index contributed by atoms with van der Waals surface area (Å²) in [6.45, 7) is 10.8. The minimum atomic E-state index is -1.03. The van der Waals surface area contributed by atoms with E-state index in [-0.39, 0.29) is 30.7 Å². The van der Waals surface area contributed by atoms with Gasteiger partial charge >= 0.3 is 6.09 Å². The van der Waals surface area contributed by atoms with Gasteiger partial charge in [-0.1, -0.05) is 30.2 Å². The van der Waals surface area contributed by atoms with Crippen molar-refractivity contribution in [2.75, 3.05) is 6.54 Å². The van der Waals surface area contributed by atoms with Crippen molar-refractivity contribution in [2.45, 2.75) is 71.7 Å². The summed E-state index contributed by atoms with van der Waals surface area (Å²) in [6.07, 6.45) is 4.87. The van der Waals surface area contributed by atoms with Crippen LogP contribution in [0.25, 0.3) is 0 Å². The summed E-state index contributed by atoms with van der Waals surface area (Å²) in [7, 11) is 0. The summed E-state index contributed by atoms with van der Waals surface area (Å²) in [5.41, 5.74) is 1.19. The van der Waals surface area contributed by atoms with Crippen LogP contribution in [0.5, 0.6) is 5.75 Å². The summed E-state index contributed by atoms with van der Waals surface area (Å²) in [5.74, 6) is 1.84. The standard InChI is InChI=1S/C29H37N3O5/c1-8-20-10-14-22(15-11-20)25(26(34)30-19(3)4)32(9-2)27(35)24(31-28(36)37-29(5,6)7)18-21-12-16-23(33)17-13-21/h1,10-17,19,24-25,33H,9,18H2,2-7H3,(H,30,34)(H,31,36). The van der Waals surface area contributed by atoms with Crippen molar-refractivity contribution in [3.8, 4) is 18.1 Å². The number of phenols is 1. The van der Waals surface area contributed by atoms with E-state index in [0.717, 1.165) is 0 Å². The first-order chi connectivity index (χ1) is 17.3. The van der Waals surface area contributed by atoms with Gasteiger partial charge in [0, 0.05) is 24.6 Å². The SMILES string of the molecule is C#Cc1ccc(C(C(=O)NC(C)C)N(CC)C(=O)C(Cc2ccc(O)cc2)NC(=O)OC(C)(C)C)cc1. The molecule has 0 heterocycles. The molecule has 2 atom stereocenters. The van der Waals surface area contributed by atoms with E-state index in [0.29, 0.717) is 16.7 Å². The number of hydrogen-bond acceptors (Lipinski definition) is 5. The summed E-state index contributed by atoms with van der Waals surface area (Å²) in [4.78, 5) is 41.4. The second kappa shape index (κ2) is 12.8. The van der Waals surface area contributed by atoms with Crippen molar-refractivity contribution in [1.29, 1.82) is 0 Å². The van der Waals surface area contributed by atoms with E-state index in [9.17, 15) is 19.5 Å². The molecule has 0 aromatic heterocycles. The molecule has 0 spiro atoms. The van der Waals surface area contributed by atoms with Gasteiger partial charge in [0.25, 0.3) is 0 Å². The van der Waals surface area contributed by atoms with Gasteiger partial charge in [-0.05, 0) is 76.9 Å². The lowest BCUT2D eigenvalue weighted by molar-refractivity contribution is -0.142. The predicted octanol–water partition coefficient (Wildman–Crippen LogP) is 3.92. The third-order valence-electron chi connectivity index (χ3n) is 5.37. The van der Waals surface area contributed by atoms with Gasteiger partial charge in [-0.2, -0.15) is 0 Å². The van der Waals surface area contributed by atoms with Crippen LogP contribution in [-0.4, -0.2) is 52.1 Å². The molecule has 2 aromatic carbocycles. The van der Waals surface area contributed by atoms with Gasteiger partial charge in [0.05, 0.1) is 0 Å². The molecule has 0 bridgehead atoms. The molecule has 8 heteroatoms. The van der Waals surface area contributed by atoms with Crippen LogP contribution < -0.4 is 10.6 Å². The Balaban J connectivity index is 2.48. The molecule has 0 fully saturated rings. The molecule has 2 rings (SSSR count). The minimum Gasteiger partial charge on any atom is -0.508 e. The van der Waals surface area contributed by atoms with Gasteiger partial charge in [0.2, 0.25) is 11.8 Å². The number of amides is 3. The van der Waals surface area contributed by atoms with Gasteiger partial charge in [0.15, 0.2) is 0 Å². The molecule has 0 aliphatic carbocycles. The Morgan fingerprint density at radius 2 is 1.62 bits per heavy atom. The summed E-state index contributed by atoms with van der Waals surface area (Å²) in [6, 6.07) is 11.1.